The van der Waals surface area contributed by atoms with E-state index in [0.29, 0.717) is 12.8 Å². The number of hydrogen-bond donors (Lipinski definition) is 2. The fraction of sp³-hybridized carbons (Fsp3) is 0.600. The Morgan fingerprint density at radius 3 is 2.00 bits per heavy atom. The molecule has 0 unspecified atom stereocenters. The number of sulfonamides is 1. The van der Waals surface area contributed by atoms with Crippen molar-refractivity contribution in [2.45, 2.75) is 62.6 Å². The first-order valence-electron chi connectivity index (χ1n) is 7.46. The number of hydrogen-bond acceptors (Lipinski definition) is 5. The van der Waals surface area contributed by atoms with E-state index in [9.17, 15) is 18.5 Å². The number of benzene rings is 1. The van der Waals surface area contributed by atoms with E-state index >= 15 is 0 Å². The van der Waals surface area contributed by atoms with E-state index in [1.165, 1.54) is 24.3 Å². The molecule has 0 aliphatic carbocycles. The maximum absolute atomic E-state index is 12.5. The van der Waals surface area contributed by atoms with Gasteiger partial charge in [-0.05, 0) is 52.7 Å². The van der Waals surface area contributed by atoms with E-state index in [1.807, 2.05) is 27.7 Å². The molecule has 7 nitrogen and oxygen atoms in total. The summed E-state index contributed by atoms with van der Waals surface area (Å²) in [5.41, 5.74) is -0.484. The summed E-state index contributed by atoms with van der Waals surface area (Å²) in [6, 6.07) is 4.73. The molecular formula is C15H24ClN3O4S. The molecule has 0 amide bonds. The highest BCUT2D eigenvalue weighted by molar-refractivity contribution is 7.89. The van der Waals surface area contributed by atoms with E-state index in [1.54, 1.807) is 0 Å². The number of piperidine rings is 1. The van der Waals surface area contributed by atoms with Crippen LogP contribution >= 0.6 is 12.4 Å². The molecule has 136 valence electrons. The smallest absolute Gasteiger partial charge is 0.269 e. The highest BCUT2D eigenvalue weighted by Crippen LogP contribution is 2.29. The van der Waals surface area contributed by atoms with Crippen LogP contribution in [-0.4, -0.2) is 30.5 Å². The van der Waals surface area contributed by atoms with Crippen LogP contribution in [0.2, 0.25) is 0 Å². The zero-order valence-electron chi connectivity index (χ0n) is 14.2. The third-order valence-electron chi connectivity index (χ3n) is 3.87. The van der Waals surface area contributed by atoms with Crippen molar-refractivity contribution < 1.29 is 13.3 Å². The second kappa shape index (κ2) is 6.95. The van der Waals surface area contributed by atoms with E-state index in [4.69, 9.17) is 0 Å². The largest absolute Gasteiger partial charge is 0.307 e. The van der Waals surface area contributed by atoms with Gasteiger partial charge < -0.3 is 5.32 Å². The van der Waals surface area contributed by atoms with Gasteiger partial charge in [-0.3, -0.25) is 10.1 Å². The van der Waals surface area contributed by atoms with Crippen molar-refractivity contribution in [2.24, 2.45) is 0 Å². The number of nitrogens with zero attached hydrogens (tertiary/aromatic N) is 1. The summed E-state index contributed by atoms with van der Waals surface area (Å²) in [7, 11) is -3.70. The van der Waals surface area contributed by atoms with Gasteiger partial charge in [0.05, 0.1) is 9.82 Å². The Bertz CT molecular complexity index is 686. The van der Waals surface area contributed by atoms with Crippen molar-refractivity contribution in [3.63, 3.8) is 0 Å². The summed E-state index contributed by atoms with van der Waals surface area (Å²) < 4.78 is 27.7. The number of non-ortho nitro benzene ring substituents is 1. The Balaban J connectivity index is 0.00000288. The molecule has 0 bridgehead atoms. The second-order valence-corrected chi connectivity index (χ2v) is 9.08. The van der Waals surface area contributed by atoms with Crippen LogP contribution in [0, 0.1) is 10.1 Å². The van der Waals surface area contributed by atoms with Gasteiger partial charge in [0.25, 0.3) is 5.69 Å². The standard InChI is InChI=1S/C15H23N3O4S.ClH/c1-14(2)9-11(10-15(3,4)17-14)16-23(21,22)13-7-5-12(6-8-13)18(19)20;/h5-8,11,16-17H,9-10H2,1-4H3;1H. The number of halogens is 1. The van der Waals surface area contributed by atoms with Crippen molar-refractivity contribution in [3.05, 3.63) is 34.4 Å². The minimum absolute atomic E-state index is 0. The lowest BCUT2D eigenvalue weighted by Crippen LogP contribution is -2.62. The molecule has 2 N–H and O–H groups in total. The topological polar surface area (TPSA) is 101 Å². The SMILES string of the molecule is CC1(C)CC(NS(=O)(=O)c2ccc([N+](=O)[O-])cc2)CC(C)(C)N1.Cl. The minimum atomic E-state index is -3.70. The molecule has 1 saturated heterocycles. The van der Waals surface area contributed by atoms with E-state index in [2.05, 4.69) is 10.0 Å². The Morgan fingerprint density at radius 1 is 1.12 bits per heavy atom. The van der Waals surface area contributed by atoms with Crippen LogP contribution in [0.1, 0.15) is 40.5 Å². The van der Waals surface area contributed by atoms with Gasteiger partial charge in [-0.2, -0.15) is 0 Å². The third kappa shape index (κ3) is 5.14. The maximum atomic E-state index is 12.5. The summed E-state index contributed by atoms with van der Waals surface area (Å²) in [4.78, 5) is 10.1. The minimum Gasteiger partial charge on any atom is -0.307 e. The van der Waals surface area contributed by atoms with Crippen molar-refractivity contribution in [2.75, 3.05) is 0 Å². The lowest BCUT2D eigenvalue weighted by atomic mass is 9.80. The fourth-order valence-corrected chi connectivity index (χ4v) is 4.68. The van der Waals surface area contributed by atoms with Gasteiger partial charge in [0.2, 0.25) is 10.0 Å². The van der Waals surface area contributed by atoms with Crippen LogP contribution in [0.15, 0.2) is 29.2 Å². The van der Waals surface area contributed by atoms with E-state index in [0.717, 1.165) is 0 Å². The Morgan fingerprint density at radius 2 is 1.58 bits per heavy atom. The molecule has 0 radical (unpaired) electrons. The predicted octanol–water partition coefficient (Wildman–Crippen LogP) is 2.60. The number of rotatable bonds is 4. The molecule has 2 rings (SSSR count). The zero-order chi connectivity index (χ0) is 17.5. The lowest BCUT2D eigenvalue weighted by Gasteiger charge is -2.46. The van der Waals surface area contributed by atoms with Crippen LogP contribution in [0.4, 0.5) is 5.69 Å². The first-order valence-corrected chi connectivity index (χ1v) is 8.95. The van der Waals surface area contributed by atoms with Gasteiger partial charge in [0.1, 0.15) is 0 Å². The van der Waals surface area contributed by atoms with Gasteiger partial charge in [0, 0.05) is 29.3 Å². The normalized spacial score (nSPS) is 20.2. The van der Waals surface area contributed by atoms with Gasteiger partial charge >= 0.3 is 0 Å². The molecule has 24 heavy (non-hydrogen) atoms. The first kappa shape index (κ1) is 20.8. The Kier molecular flexibility index (Phi) is 6.03. The molecule has 1 heterocycles. The maximum Gasteiger partial charge on any atom is 0.269 e. The Hall–Kier alpha value is -1.22. The molecular weight excluding hydrogens is 354 g/mol. The van der Waals surface area contributed by atoms with E-state index < -0.39 is 14.9 Å². The highest BCUT2D eigenvalue weighted by atomic mass is 35.5. The van der Waals surface area contributed by atoms with Gasteiger partial charge in [0.15, 0.2) is 0 Å². The zero-order valence-corrected chi connectivity index (χ0v) is 15.8. The molecule has 1 aromatic rings. The molecule has 0 aromatic heterocycles. The van der Waals surface area contributed by atoms with Crippen LogP contribution in [-0.2, 0) is 10.0 Å². The number of nitro benzene ring substituents is 1. The number of nitro groups is 1. The molecule has 9 heteroatoms. The average Bonchev–Trinajstić information content (AvgIpc) is 2.34. The molecule has 0 atom stereocenters. The third-order valence-corrected chi connectivity index (χ3v) is 5.41. The second-order valence-electron chi connectivity index (χ2n) is 7.37. The first-order chi connectivity index (χ1) is 10.4. The lowest BCUT2D eigenvalue weighted by molar-refractivity contribution is -0.384. The van der Waals surface area contributed by atoms with Gasteiger partial charge in [-0.25, -0.2) is 13.1 Å². The molecule has 1 aliphatic heterocycles. The summed E-state index contributed by atoms with van der Waals surface area (Å²) >= 11 is 0. The summed E-state index contributed by atoms with van der Waals surface area (Å²) in [6.45, 7) is 8.17. The molecule has 0 spiro atoms. The highest BCUT2D eigenvalue weighted by Gasteiger charge is 2.39. The van der Waals surface area contributed by atoms with E-state index in [-0.39, 0.29) is 40.1 Å². The van der Waals surface area contributed by atoms with Crippen LogP contribution < -0.4 is 10.0 Å². The molecule has 1 aromatic carbocycles. The summed E-state index contributed by atoms with van der Waals surface area (Å²) in [5.74, 6) is 0. The van der Waals surface area contributed by atoms with Crippen LogP contribution in [0.5, 0.6) is 0 Å². The van der Waals surface area contributed by atoms with Gasteiger partial charge in [-0.15, -0.1) is 12.4 Å². The summed E-state index contributed by atoms with van der Waals surface area (Å²) in [5, 5.41) is 14.2. The number of nitrogens with one attached hydrogen (secondary N) is 2. The average molecular weight is 378 g/mol. The van der Waals surface area contributed by atoms with Crippen molar-refractivity contribution >= 4 is 28.1 Å². The monoisotopic (exact) mass is 377 g/mol. The van der Waals surface area contributed by atoms with Crippen molar-refractivity contribution in [1.82, 2.24) is 10.0 Å². The summed E-state index contributed by atoms with van der Waals surface area (Å²) in [6.07, 6.45) is 1.34. The predicted molar refractivity (Wildman–Crippen MR) is 95.0 cm³/mol. The van der Waals surface area contributed by atoms with Crippen LogP contribution in [0.3, 0.4) is 0 Å². The van der Waals surface area contributed by atoms with Crippen molar-refractivity contribution in [3.8, 4) is 0 Å². The molecule has 0 saturated carbocycles. The van der Waals surface area contributed by atoms with Crippen LogP contribution in [0.25, 0.3) is 0 Å². The molecule has 1 aliphatic rings. The van der Waals surface area contributed by atoms with Gasteiger partial charge in [-0.1, -0.05) is 0 Å². The fourth-order valence-electron chi connectivity index (χ4n) is 3.44. The van der Waals surface area contributed by atoms with Crippen molar-refractivity contribution in [1.29, 1.82) is 0 Å². The molecule has 1 fully saturated rings. The Labute approximate surface area is 148 Å². The quantitative estimate of drug-likeness (QED) is 0.620.